The molecule has 2 aromatic carbocycles. The van der Waals surface area contributed by atoms with Gasteiger partial charge in [-0.1, -0.05) is 42.0 Å². The molecule has 0 spiro atoms. The van der Waals surface area contributed by atoms with Gasteiger partial charge in [-0.25, -0.2) is 9.78 Å². The first-order chi connectivity index (χ1) is 16.0. The fraction of sp³-hybridized carbons (Fsp3) is 0.240. The van der Waals surface area contributed by atoms with Crippen molar-refractivity contribution in [2.45, 2.75) is 19.8 Å². The van der Waals surface area contributed by atoms with E-state index in [0.717, 1.165) is 11.1 Å². The van der Waals surface area contributed by atoms with Crippen LogP contribution in [-0.4, -0.2) is 41.5 Å². The maximum absolute atomic E-state index is 12.7. The molecular formula is C25H22N4O4. The summed E-state index contributed by atoms with van der Waals surface area (Å²) in [6, 6.07) is 18.4. The number of esters is 1. The Morgan fingerprint density at radius 1 is 1.03 bits per heavy atom. The number of carbonyl (C=O) groups is 2. The van der Waals surface area contributed by atoms with Crippen LogP contribution >= 0.6 is 0 Å². The normalized spacial score (nSPS) is 10.2. The first-order valence-corrected chi connectivity index (χ1v) is 10.3. The molecule has 0 saturated carbocycles. The highest BCUT2D eigenvalue weighted by Crippen LogP contribution is 2.28. The van der Waals surface area contributed by atoms with Gasteiger partial charge in [0.25, 0.3) is 5.91 Å². The number of hydrogen-bond donors (Lipinski definition) is 0. The number of amides is 1. The van der Waals surface area contributed by atoms with Gasteiger partial charge in [0.05, 0.1) is 42.3 Å². The number of aryl methyl sites for hydroxylation is 1. The lowest BCUT2D eigenvalue weighted by Gasteiger charge is -2.20. The van der Waals surface area contributed by atoms with Crippen molar-refractivity contribution in [2.75, 3.05) is 19.7 Å². The van der Waals surface area contributed by atoms with E-state index in [2.05, 4.69) is 4.98 Å². The van der Waals surface area contributed by atoms with Gasteiger partial charge in [0.15, 0.2) is 12.4 Å². The molecule has 0 aliphatic carbocycles. The highest BCUT2D eigenvalue weighted by Gasteiger charge is 2.20. The number of hydrogen-bond acceptors (Lipinski definition) is 7. The molecule has 0 atom stereocenters. The number of oxazole rings is 1. The molecule has 1 aromatic heterocycles. The Bertz CT molecular complexity index is 1180. The van der Waals surface area contributed by atoms with Crippen LogP contribution < -0.4 is 0 Å². The Hall–Kier alpha value is -4.43. The third kappa shape index (κ3) is 6.05. The predicted octanol–water partition coefficient (Wildman–Crippen LogP) is 4.13. The molecule has 0 aliphatic heterocycles. The molecule has 3 rings (SSSR count). The van der Waals surface area contributed by atoms with E-state index >= 15 is 0 Å². The van der Waals surface area contributed by atoms with E-state index in [1.165, 1.54) is 4.90 Å². The Kier molecular flexibility index (Phi) is 7.93. The van der Waals surface area contributed by atoms with Crippen molar-refractivity contribution < 1.29 is 18.7 Å². The van der Waals surface area contributed by atoms with Crippen molar-refractivity contribution >= 4 is 11.9 Å². The Balaban J connectivity index is 1.73. The summed E-state index contributed by atoms with van der Waals surface area (Å²) in [5, 5.41) is 17.5. The first-order valence-electron chi connectivity index (χ1n) is 10.3. The molecule has 8 heteroatoms. The minimum atomic E-state index is -0.699. The standard InChI is InChI=1S/C25H22N4O4/c1-18-8-10-19(11-9-18)22-16-28-24(33-22)20-6-2-3-7-21(20)25(31)32-17-23(30)29(14-4-12-26)15-5-13-27/h2-3,6-11,16H,4-5,14-15,17H2,1H3. The summed E-state index contributed by atoms with van der Waals surface area (Å²) in [5.41, 5.74) is 2.64. The third-order valence-electron chi connectivity index (χ3n) is 4.89. The molecule has 3 aromatic rings. The Morgan fingerprint density at radius 2 is 1.70 bits per heavy atom. The fourth-order valence-corrected chi connectivity index (χ4v) is 3.12. The SMILES string of the molecule is Cc1ccc(-c2cnc(-c3ccccc3C(=O)OCC(=O)N(CCC#N)CCC#N)o2)cc1. The van der Waals surface area contributed by atoms with Gasteiger partial charge in [0.2, 0.25) is 5.89 Å². The average Bonchev–Trinajstić information content (AvgIpc) is 3.33. The molecule has 0 radical (unpaired) electrons. The molecule has 0 N–H and O–H groups in total. The summed E-state index contributed by atoms with van der Waals surface area (Å²) in [6.45, 7) is 1.84. The van der Waals surface area contributed by atoms with Gasteiger partial charge in [-0.15, -0.1) is 0 Å². The molecular weight excluding hydrogens is 420 g/mol. The lowest BCUT2D eigenvalue weighted by Crippen LogP contribution is -2.36. The van der Waals surface area contributed by atoms with Crippen LogP contribution in [0.1, 0.15) is 28.8 Å². The first kappa shape index (κ1) is 23.2. The highest BCUT2D eigenvalue weighted by molar-refractivity contribution is 5.97. The number of benzene rings is 2. The van der Waals surface area contributed by atoms with Crippen molar-refractivity contribution in [1.29, 1.82) is 10.5 Å². The summed E-state index contributed by atoms with van der Waals surface area (Å²) in [5.74, 6) is -0.346. The zero-order chi connectivity index (χ0) is 23.6. The van der Waals surface area contributed by atoms with Crippen molar-refractivity contribution in [3.63, 3.8) is 0 Å². The molecule has 0 aliphatic rings. The molecule has 0 bridgehead atoms. The zero-order valence-electron chi connectivity index (χ0n) is 18.2. The lowest BCUT2D eigenvalue weighted by atomic mass is 10.1. The van der Waals surface area contributed by atoms with E-state index in [1.54, 1.807) is 30.5 Å². The molecule has 0 fully saturated rings. The van der Waals surface area contributed by atoms with Crippen LogP contribution in [0.2, 0.25) is 0 Å². The largest absolute Gasteiger partial charge is 0.452 e. The highest BCUT2D eigenvalue weighted by atomic mass is 16.5. The van der Waals surface area contributed by atoms with Gasteiger partial charge < -0.3 is 14.1 Å². The summed E-state index contributed by atoms with van der Waals surface area (Å²) in [6.07, 6.45) is 1.84. The van der Waals surface area contributed by atoms with Crippen LogP contribution in [0.25, 0.3) is 22.8 Å². The molecule has 33 heavy (non-hydrogen) atoms. The minimum Gasteiger partial charge on any atom is -0.452 e. The maximum atomic E-state index is 12.7. The number of ether oxygens (including phenoxy) is 1. The average molecular weight is 442 g/mol. The van der Waals surface area contributed by atoms with Gasteiger partial charge in [-0.2, -0.15) is 10.5 Å². The van der Waals surface area contributed by atoms with Gasteiger partial charge in [-0.3, -0.25) is 4.79 Å². The monoisotopic (exact) mass is 442 g/mol. The summed E-state index contributed by atoms with van der Waals surface area (Å²) in [4.78, 5) is 30.8. The van der Waals surface area contributed by atoms with Gasteiger partial charge in [0, 0.05) is 18.7 Å². The van der Waals surface area contributed by atoms with Gasteiger partial charge in [-0.05, 0) is 19.1 Å². The number of nitrogens with zero attached hydrogens (tertiary/aromatic N) is 4. The second-order valence-corrected chi connectivity index (χ2v) is 7.21. The second kappa shape index (κ2) is 11.3. The van der Waals surface area contributed by atoms with Crippen molar-refractivity contribution in [3.05, 3.63) is 65.9 Å². The molecule has 1 amide bonds. The van der Waals surface area contributed by atoms with E-state index in [-0.39, 0.29) is 37.4 Å². The van der Waals surface area contributed by atoms with Crippen molar-refractivity contribution in [3.8, 4) is 34.9 Å². The van der Waals surface area contributed by atoms with Crippen LogP contribution in [0.4, 0.5) is 0 Å². The third-order valence-corrected chi connectivity index (χ3v) is 4.89. The quantitative estimate of drug-likeness (QED) is 0.457. The van der Waals surface area contributed by atoms with Crippen LogP contribution in [-0.2, 0) is 9.53 Å². The summed E-state index contributed by atoms with van der Waals surface area (Å²) in [7, 11) is 0. The van der Waals surface area contributed by atoms with E-state index in [4.69, 9.17) is 19.7 Å². The number of rotatable bonds is 9. The predicted molar refractivity (Wildman–Crippen MR) is 119 cm³/mol. The zero-order valence-corrected chi connectivity index (χ0v) is 18.2. The van der Waals surface area contributed by atoms with Crippen LogP contribution in [0.3, 0.4) is 0 Å². The summed E-state index contributed by atoms with van der Waals surface area (Å²) < 4.78 is 11.1. The van der Waals surface area contributed by atoms with Crippen molar-refractivity contribution in [1.82, 2.24) is 9.88 Å². The Labute approximate surface area is 191 Å². The van der Waals surface area contributed by atoms with E-state index < -0.39 is 18.5 Å². The number of aromatic nitrogens is 1. The van der Waals surface area contributed by atoms with Crippen LogP contribution in [0.5, 0.6) is 0 Å². The molecule has 0 saturated heterocycles. The molecule has 1 heterocycles. The number of carbonyl (C=O) groups excluding carboxylic acids is 2. The second-order valence-electron chi connectivity index (χ2n) is 7.21. The number of nitriles is 2. The smallest absolute Gasteiger partial charge is 0.339 e. The Morgan fingerprint density at radius 3 is 2.36 bits per heavy atom. The fourth-order valence-electron chi connectivity index (χ4n) is 3.12. The topological polar surface area (TPSA) is 120 Å². The lowest BCUT2D eigenvalue weighted by molar-refractivity contribution is -0.134. The molecule has 0 unspecified atom stereocenters. The minimum absolute atomic E-state index is 0.126. The molecule has 166 valence electrons. The van der Waals surface area contributed by atoms with Gasteiger partial charge >= 0.3 is 5.97 Å². The summed E-state index contributed by atoms with van der Waals surface area (Å²) >= 11 is 0. The molecule has 8 nitrogen and oxygen atoms in total. The van der Waals surface area contributed by atoms with Gasteiger partial charge in [0.1, 0.15) is 0 Å². The van der Waals surface area contributed by atoms with Crippen molar-refractivity contribution in [2.24, 2.45) is 0 Å². The van der Waals surface area contributed by atoms with E-state index in [0.29, 0.717) is 11.3 Å². The van der Waals surface area contributed by atoms with Crippen LogP contribution in [0.15, 0.2) is 59.1 Å². The maximum Gasteiger partial charge on any atom is 0.339 e. The van der Waals surface area contributed by atoms with Crippen LogP contribution in [0, 0.1) is 29.6 Å². The van der Waals surface area contributed by atoms with E-state index in [9.17, 15) is 9.59 Å². The van der Waals surface area contributed by atoms with E-state index in [1.807, 2.05) is 43.3 Å².